The van der Waals surface area contributed by atoms with E-state index in [9.17, 15) is 14.4 Å². The third-order valence-electron chi connectivity index (χ3n) is 2.78. The van der Waals surface area contributed by atoms with Gasteiger partial charge in [0, 0.05) is 5.56 Å². The van der Waals surface area contributed by atoms with Crippen LogP contribution in [0.4, 0.5) is 0 Å². The third-order valence-corrected chi connectivity index (χ3v) is 2.78. The van der Waals surface area contributed by atoms with Crippen LogP contribution in [0.3, 0.4) is 0 Å². The second kappa shape index (κ2) is 3.99. The van der Waals surface area contributed by atoms with Crippen LogP contribution in [0.1, 0.15) is 31.8 Å². The Bertz CT molecular complexity index is 611. The first kappa shape index (κ1) is 11.8. The Morgan fingerprint density at radius 2 is 1.44 bits per heavy atom. The Labute approximate surface area is 101 Å². The molecule has 0 saturated heterocycles. The van der Waals surface area contributed by atoms with Crippen molar-refractivity contribution < 1.29 is 29.7 Å². The van der Waals surface area contributed by atoms with Gasteiger partial charge in [-0.25, -0.2) is 14.4 Å². The standard InChI is InChI=1S/C12H8O6/c13-10(14)6-2-4-8(12(17)18)9-5(6)1-3-7(9)11(15)16/h2-4H,1H2,(H,13,14)(H,15,16)(H,17,18). The first-order valence-electron chi connectivity index (χ1n) is 4.99. The molecule has 1 aromatic rings. The lowest BCUT2D eigenvalue weighted by Gasteiger charge is -2.09. The summed E-state index contributed by atoms with van der Waals surface area (Å²) in [5, 5.41) is 27.0. The van der Waals surface area contributed by atoms with E-state index in [0.717, 1.165) is 6.07 Å². The maximum absolute atomic E-state index is 11.0. The zero-order valence-electron chi connectivity index (χ0n) is 9.01. The van der Waals surface area contributed by atoms with Crippen LogP contribution in [0.5, 0.6) is 0 Å². The molecule has 6 heteroatoms. The molecule has 0 unspecified atom stereocenters. The average molecular weight is 248 g/mol. The largest absolute Gasteiger partial charge is 0.478 e. The number of hydrogen-bond acceptors (Lipinski definition) is 3. The quantitative estimate of drug-likeness (QED) is 0.738. The van der Waals surface area contributed by atoms with Crippen LogP contribution in [0, 0.1) is 0 Å². The van der Waals surface area contributed by atoms with Gasteiger partial charge in [0.2, 0.25) is 0 Å². The molecular formula is C12H8O6. The Hall–Kier alpha value is -2.63. The van der Waals surface area contributed by atoms with Crippen molar-refractivity contribution in [3.05, 3.63) is 40.5 Å². The van der Waals surface area contributed by atoms with Crippen molar-refractivity contribution in [1.29, 1.82) is 0 Å². The minimum atomic E-state index is -1.28. The summed E-state index contributed by atoms with van der Waals surface area (Å²) in [6, 6.07) is 2.30. The molecule has 18 heavy (non-hydrogen) atoms. The van der Waals surface area contributed by atoms with Gasteiger partial charge in [0.1, 0.15) is 0 Å². The van der Waals surface area contributed by atoms with Crippen molar-refractivity contribution in [3.63, 3.8) is 0 Å². The highest BCUT2D eigenvalue weighted by Gasteiger charge is 2.29. The SMILES string of the molecule is O=C(O)C1=CCc2c(C(=O)O)ccc(C(=O)O)c21. The second-order valence-corrected chi connectivity index (χ2v) is 3.75. The monoisotopic (exact) mass is 248 g/mol. The van der Waals surface area contributed by atoms with Gasteiger partial charge in [-0.05, 0) is 24.1 Å². The first-order valence-corrected chi connectivity index (χ1v) is 4.99. The van der Waals surface area contributed by atoms with Crippen LogP contribution in [0.15, 0.2) is 18.2 Å². The Morgan fingerprint density at radius 1 is 0.889 bits per heavy atom. The maximum atomic E-state index is 11.0. The molecule has 0 amide bonds. The molecule has 92 valence electrons. The predicted molar refractivity (Wildman–Crippen MR) is 59.7 cm³/mol. The molecule has 0 fully saturated rings. The minimum Gasteiger partial charge on any atom is -0.478 e. The van der Waals surface area contributed by atoms with Crippen molar-refractivity contribution in [1.82, 2.24) is 0 Å². The van der Waals surface area contributed by atoms with Crippen molar-refractivity contribution in [3.8, 4) is 0 Å². The Kier molecular flexibility index (Phi) is 2.63. The number of carbonyl (C=O) groups is 3. The molecule has 1 aliphatic rings. The zero-order chi connectivity index (χ0) is 13.4. The highest BCUT2D eigenvalue weighted by atomic mass is 16.4. The number of carboxylic acids is 3. The van der Waals surface area contributed by atoms with Crippen molar-refractivity contribution in [2.24, 2.45) is 0 Å². The summed E-state index contributed by atoms with van der Waals surface area (Å²) in [5.41, 5.74) is -0.191. The molecule has 1 aromatic carbocycles. The number of aliphatic carboxylic acids is 1. The van der Waals surface area contributed by atoms with E-state index in [1.54, 1.807) is 0 Å². The van der Waals surface area contributed by atoms with E-state index in [-0.39, 0.29) is 34.2 Å². The molecule has 0 atom stereocenters. The predicted octanol–water partition coefficient (Wildman–Crippen LogP) is 1.11. The normalized spacial score (nSPS) is 12.8. The van der Waals surface area contributed by atoms with Crippen LogP contribution >= 0.6 is 0 Å². The maximum Gasteiger partial charge on any atom is 0.336 e. The van der Waals surface area contributed by atoms with Crippen molar-refractivity contribution in [2.45, 2.75) is 6.42 Å². The van der Waals surface area contributed by atoms with Crippen LogP contribution in [0.25, 0.3) is 5.57 Å². The van der Waals surface area contributed by atoms with Gasteiger partial charge in [-0.2, -0.15) is 0 Å². The smallest absolute Gasteiger partial charge is 0.336 e. The molecule has 0 heterocycles. The molecule has 0 spiro atoms. The lowest BCUT2D eigenvalue weighted by molar-refractivity contribution is -0.130. The summed E-state index contributed by atoms with van der Waals surface area (Å²) in [7, 11) is 0. The number of rotatable bonds is 3. The molecular weight excluding hydrogens is 240 g/mol. The lowest BCUT2D eigenvalue weighted by Crippen LogP contribution is -2.10. The topological polar surface area (TPSA) is 112 Å². The molecule has 2 rings (SSSR count). The highest BCUT2D eigenvalue weighted by Crippen LogP contribution is 2.33. The summed E-state index contributed by atoms with van der Waals surface area (Å²) >= 11 is 0. The molecule has 0 radical (unpaired) electrons. The van der Waals surface area contributed by atoms with Gasteiger partial charge in [-0.3, -0.25) is 0 Å². The first-order chi connectivity index (χ1) is 8.43. The van der Waals surface area contributed by atoms with Crippen molar-refractivity contribution in [2.75, 3.05) is 0 Å². The average Bonchev–Trinajstić information content (AvgIpc) is 2.71. The molecule has 1 aliphatic carbocycles. The van der Waals surface area contributed by atoms with E-state index in [1.807, 2.05) is 0 Å². The summed E-state index contributed by atoms with van der Waals surface area (Å²) in [5.74, 6) is -3.75. The summed E-state index contributed by atoms with van der Waals surface area (Å²) in [4.78, 5) is 33.1. The third kappa shape index (κ3) is 1.64. The Morgan fingerprint density at radius 3 is 1.94 bits per heavy atom. The van der Waals surface area contributed by atoms with E-state index < -0.39 is 17.9 Å². The Balaban J connectivity index is 2.75. The van der Waals surface area contributed by atoms with Gasteiger partial charge in [-0.1, -0.05) is 6.08 Å². The number of benzene rings is 1. The van der Waals surface area contributed by atoms with Crippen molar-refractivity contribution >= 4 is 23.5 Å². The molecule has 0 bridgehead atoms. The number of fused-ring (bicyclic) bond motifs is 1. The van der Waals surface area contributed by atoms with Gasteiger partial charge >= 0.3 is 17.9 Å². The van der Waals surface area contributed by atoms with Gasteiger partial charge in [0.15, 0.2) is 0 Å². The second-order valence-electron chi connectivity index (χ2n) is 3.75. The molecule has 0 aliphatic heterocycles. The molecule has 0 aromatic heterocycles. The highest BCUT2D eigenvalue weighted by molar-refractivity contribution is 6.20. The van der Waals surface area contributed by atoms with Crippen LogP contribution < -0.4 is 0 Å². The number of aromatic carboxylic acids is 2. The number of hydrogen-bond donors (Lipinski definition) is 3. The number of allylic oxidation sites excluding steroid dienone is 1. The van der Waals surface area contributed by atoms with E-state index in [1.165, 1.54) is 12.1 Å². The zero-order valence-corrected chi connectivity index (χ0v) is 9.01. The fraction of sp³-hybridized carbons (Fsp3) is 0.0833. The van der Waals surface area contributed by atoms with E-state index in [0.29, 0.717) is 0 Å². The van der Waals surface area contributed by atoms with E-state index in [4.69, 9.17) is 15.3 Å². The molecule has 3 N–H and O–H groups in total. The van der Waals surface area contributed by atoms with E-state index in [2.05, 4.69) is 0 Å². The molecule has 6 nitrogen and oxygen atoms in total. The van der Waals surface area contributed by atoms with Gasteiger partial charge in [-0.15, -0.1) is 0 Å². The van der Waals surface area contributed by atoms with E-state index >= 15 is 0 Å². The van der Waals surface area contributed by atoms with Crippen LogP contribution in [-0.4, -0.2) is 33.2 Å². The minimum absolute atomic E-state index is 0.00472. The fourth-order valence-electron chi connectivity index (χ4n) is 2.05. The van der Waals surface area contributed by atoms with Crippen LogP contribution in [-0.2, 0) is 11.2 Å². The number of carboxylic acid groups (broad SMARTS) is 3. The molecule has 0 saturated carbocycles. The van der Waals surface area contributed by atoms with Gasteiger partial charge in [0.25, 0.3) is 0 Å². The fourth-order valence-corrected chi connectivity index (χ4v) is 2.05. The summed E-state index contributed by atoms with van der Waals surface area (Å²) in [6.07, 6.45) is 1.44. The van der Waals surface area contributed by atoms with Gasteiger partial charge < -0.3 is 15.3 Å². The summed E-state index contributed by atoms with van der Waals surface area (Å²) < 4.78 is 0. The van der Waals surface area contributed by atoms with Crippen LogP contribution in [0.2, 0.25) is 0 Å². The van der Waals surface area contributed by atoms with Gasteiger partial charge in [0.05, 0.1) is 16.7 Å². The summed E-state index contributed by atoms with van der Waals surface area (Å²) in [6.45, 7) is 0. The lowest BCUT2D eigenvalue weighted by atomic mass is 9.94.